The van der Waals surface area contributed by atoms with Crippen LogP contribution in [0.25, 0.3) is 0 Å². The number of aromatic nitrogens is 1. The molecule has 1 aromatic heterocycles. The van der Waals surface area contributed by atoms with Gasteiger partial charge >= 0.3 is 0 Å². The molecule has 0 saturated heterocycles. The summed E-state index contributed by atoms with van der Waals surface area (Å²) in [4.78, 5) is 35.6. The van der Waals surface area contributed by atoms with Crippen molar-refractivity contribution in [2.24, 2.45) is 0 Å². The van der Waals surface area contributed by atoms with Crippen molar-refractivity contribution in [1.29, 1.82) is 0 Å². The molecule has 2 aromatic rings. The van der Waals surface area contributed by atoms with Gasteiger partial charge in [-0.1, -0.05) is 38.1 Å². The number of aryl methyl sites for hydroxylation is 1. The molecule has 0 atom stereocenters. The standard InChI is InChI=1S/C19H24N4O4S/c1-12-9-15(23-27-12)20-16(24)10-28-11-17(25)21-22-18(26)13-5-7-14(8-6-13)19(2,3)4/h5-9H,10-11H2,1-4H3,(H,21,25)(H,22,26)(H,20,23,24). The van der Waals surface area contributed by atoms with Crippen molar-refractivity contribution in [3.63, 3.8) is 0 Å². The van der Waals surface area contributed by atoms with E-state index in [-0.39, 0.29) is 22.8 Å². The summed E-state index contributed by atoms with van der Waals surface area (Å²) in [5.74, 6) is -0.0963. The second-order valence-electron chi connectivity index (χ2n) is 7.19. The average molecular weight is 404 g/mol. The fraction of sp³-hybridized carbons (Fsp3) is 0.368. The van der Waals surface area contributed by atoms with Crippen molar-refractivity contribution in [1.82, 2.24) is 16.0 Å². The molecule has 3 amide bonds. The highest BCUT2D eigenvalue weighted by Gasteiger charge is 2.14. The normalized spacial score (nSPS) is 11.0. The van der Waals surface area contributed by atoms with E-state index in [2.05, 4.69) is 42.1 Å². The van der Waals surface area contributed by atoms with Crippen LogP contribution in [0, 0.1) is 6.92 Å². The molecule has 1 aromatic carbocycles. The van der Waals surface area contributed by atoms with Gasteiger partial charge in [0.15, 0.2) is 5.82 Å². The molecule has 0 radical (unpaired) electrons. The lowest BCUT2D eigenvalue weighted by Crippen LogP contribution is -2.42. The maximum absolute atomic E-state index is 12.1. The predicted molar refractivity (Wildman–Crippen MR) is 108 cm³/mol. The molecule has 0 aliphatic carbocycles. The lowest BCUT2D eigenvalue weighted by Gasteiger charge is -2.19. The third-order valence-electron chi connectivity index (χ3n) is 3.69. The predicted octanol–water partition coefficient (Wildman–Crippen LogP) is 2.41. The molecule has 0 aliphatic heterocycles. The molecule has 28 heavy (non-hydrogen) atoms. The van der Waals surface area contributed by atoms with Crippen LogP contribution in [-0.4, -0.2) is 34.4 Å². The summed E-state index contributed by atoms with van der Waals surface area (Å²) >= 11 is 1.11. The van der Waals surface area contributed by atoms with Crippen molar-refractivity contribution in [3.05, 3.63) is 47.2 Å². The largest absolute Gasteiger partial charge is 0.360 e. The summed E-state index contributed by atoms with van der Waals surface area (Å²) in [6.07, 6.45) is 0. The first-order valence-electron chi connectivity index (χ1n) is 8.66. The summed E-state index contributed by atoms with van der Waals surface area (Å²) < 4.78 is 4.85. The van der Waals surface area contributed by atoms with Crippen LogP contribution in [0.5, 0.6) is 0 Å². The summed E-state index contributed by atoms with van der Waals surface area (Å²) in [5, 5.41) is 6.21. The molecular weight excluding hydrogens is 380 g/mol. The van der Waals surface area contributed by atoms with Crippen molar-refractivity contribution in [2.75, 3.05) is 16.8 Å². The Balaban J connectivity index is 1.69. The second-order valence-corrected chi connectivity index (χ2v) is 8.18. The highest BCUT2D eigenvalue weighted by Crippen LogP contribution is 2.22. The van der Waals surface area contributed by atoms with E-state index >= 15 is 0 Å². The third-order valence-corrected chi connectivity index (χ3v) is 4.62. The minimum atomic E-state index is -0.408. The van der Waals surface area contributed by atoms with Crippen molar-refractivity contribution in [2.45, 2.75) is 33.1 Å². The number of amides is 3. The van der Waals surface area contributed by atoms with Crippen LogP contribution < -0.4 is 16.2 Å². The number of hydrogen-bond donors (Lipinski definition) is 3. The van der Waals surface area contributed by atoms with Crippen LogP contribution in [0.3, 0.4) is 0 Å². The van der Waals surface area contributed by atoms with Crippen LogP contribution in [0.4, 0.5) is 5.82 Å². The molecular formula is C19H24N4O4S. The monoisotopic (exact) mass is 404 g/mol. The Bertz CT molecular complexity index is 840. The van der Waals surface area contributed by atoms with E-state index in [1.165, 1.54) is 0 Å². The molecule has 0 saturated carbocycles. The van der Waals surface area contributed by atoms with Gasteiger partial charge in [0.05, 0.1) is 11.5 Å². The van der Waals surface area contributed by atoms with Gasteiger partial charge in [0.2, 0.25) is 11.8 Å². The van der Waals surface area contributed by atoms with E-state index in [0.717, 1.165) is 17.3 Å². The lowest BCUT2D eigenvalue weighted by molar-refractivity contribution is -0.119. The number of carbonyl (C=O) groups excluding carboxylic acids is 3. The Morgan fingerprint density at radius 1 is 1.04 bits per heavy atom. The van der Waals surface area contributed by atoms with E-state index in [1.54, 1.807) is 25.1 Å². The average Bonchev–Trinajstić information content (AvgIpc) is 3.03. The fourth-order valence-electron chi connectivity index (χ4n) is 2.20. The van der Waals surface area contributed by atoms with Gasteiger partial charge < -0.3 is 9.84 Å². The molecule has 0 unspecified atom stereocenters. The minimum absolute atomic E-state index is 0.000753. The van der Waals surface area contributed by atoms with Crippen molar-refractivity contribution in [3.8, 4) is 0 Å². The molecule has 8 nitrogen and oxygen atoms in total. The Morgan fingerprint density at radius 2 is 1.68 bits per heavy atom. The summed E-state index contributed by atoms with van der Waals surface area (Å²) in [7, 11) is 0. The Morgan fingerprint density at radius 3 is 2.25 bits per heavy atom. The molecule has 0 fully saturated rings. The second kappa shape index (κ2) is 9.41. The van der Waals surface area contributed by atoms with Crippen LogP contribution in [-0.2, 0) is 15.0 Å². The van der Waals surface area contributed by atoms with E-state index in [9.17, 15) is 14.4 Å². The zero-order valence-corrected chi connectivity index (χ0v) is 17.1. The van der Waals surface area contributed by atoms with Gasteiger partial charge in [0, 0.05) is 11.6 Å². The number of benzene rings is 1. The number of hydrazine groups is 1. The SMILES string of the molecule is Cc1cc(NC(=O)CSCC(=O)NNC(=O)c2ccc(C(C)(C)C)cc2)no1. The zero-order valence-electron chi connectivity index (χ0n) is 16.3. The van der Waals surface area contributed by atoms with Gasteiger partial charge in [-0.3, -0.25) is 25.2 Å². The zero-order chi connectivity index (χ0) is 20.7. The smallest absolute Gasteiger partial charge is 0.269 e. The maximum atomic E-state index is 12.1. The maximum Gasteiger partial charge on any atom is 0.269 e. The topological polar surface area (TPSA) is 113 Å². The molecule has 0 spiro atoms. The minimum Gasteiger partial charge on any atom is -0.360 e. The van der Waals surface area contributed by atoms with Crippen LogP contribution in [0.2, 0.25) is 0 Å². The highest BCUT2D eigenvalue weighted by atomic mass is 32.2. The number of anilines is 1. The highest BCUT2D eigenvalue weighted by molar-refractivity contribution is 8.00. The van der Waals surface area contributed by atoms with Gasteiger partial charge in [0.1, 0.15) is 5.76 Å². The Kier molecular flexibility index (Phi) is 7.22. The molecule has 2 rings (SSSR count). The number of thioether (sulfide) groups is 1. The number of rotatable bonds is 6. The molecule has 9 heteroatoms. The van der Waals surface area contributed by atoms with Crippen molar-refractivity contribution >= 4 is 35.3 Å². The number of hydrogen-bond acceptors (Lipinski definition) is 6. The third kappa shape index (κ3) is 6.73. The lowest BCUT2D eigenvalue weighted by atomic mass is 9.87. The Labute approximate surface area is 167 Å². The van der Waals surface area contributed by atoms with E-state index < -0.39 is 11.8 Å². The summed E-state index contributed by atoms with van der Waals surface area (Å²) in [6.45, 7) is 7.99. The quantitative estimate of drug-likeness (QED) is 0.637. The molecule has 1 heterocycles. The van der Waals surface area contributed by atoms with Gasteiger partial charge in [0.25, 0.3) is 5.91 Å². The first-order chi connectivity index (χ1) is 13.1. The van der Waals surface area contributed by atoms with Crippen LogP contribution in [0.15, 0.2) is 34.9 Å². The summed E-state index contributed by atoms with van der Waals surface area (Å²) in [6, 6.07) is 8.81. The molecule has 150 valence electrons. The van der Waals surface area contributed by atoms with E-state index in [1.807, 2.05) is 12.1 Å². The molecule has 0 bridgehead atoms. The van der Waals surface area contributed by atoms with Gasteiger partial charge in [-0.2, -0.15) is 0 Å². The number of carbonyl (C=O) groups is 3. The first-order valence-corrected chi connectivity index (χ1v) is 9.81. The Hall–Kier alpha value is -2.81. The van der Waals surface area contributed by atoms with E-state index in [0.29, 0.717) is 17.1 Å². The van der Waals surface area contributed by atoms with Crippen molar-refractivity contribution < 1.29 is 18.9 Å². The number of nitrogens with one attached hydrogen (secondary N) is 3. The van der Waals surface area contributed by atoms with Gasteiger partial charge in [-0.05, 0) is 30.0 Å². The summed E-state index contributed by atoms with van der Waals surface area (Å²) in [5.41, 5.74) is 6.26. The first kappa shape index (κ1) is 21.5. The fourth-order valence-corrected chi connectivity index (χ4v) is 2.81. The van der Waals surface area contributed by atoms with Crippen LogP contribution >= 0.6 is 11.8 Å². The van der Waals surface area contributed by atoms with Gasteiger partial charge in [-0.15, -0.1) is 11.8 Å². The number of nitrogens with zero attached hydrogens (tertiary/aromatic N) is 1. The molecule has 0 aliphatic rings. The molecule has 3 N–H and O–H groups in total. The van der Waals surface area contributed by atoms with Crippen LogP contribution in [0.1, 0.15) is 42.5 Å². The van der Waals surface area contributed by atoms with Gasteiger partial charge in [-0.25, -0.2) is 0 Å². The van der Waals surface area contributed by atoms with E-state index in [4.69, 9.17) is 4.52 Å².